The third-order valence-corrected chi connectivity index (χ3v) is 0.699. The summed E-state index contributed by atoms with van der Waals surface area (Å²) >= 11 is 0. The van der Waals surface area contributed by atoms with Crippen molar-refractivity contribution in [3.8, 4) is 0 Å². The van der Waals surface area contributed by atoms with Crippen LogP contribution in [0.25, 0.3) is 0 Å². The normalized spacial score (nSPS) is 12.3. The Labute approximate surface area is 54.4 Å². The molecular weight excluding hydrogens is 120 g/mol. The molecule has 0 aliphatic rings. The Morgan fingerprint density at radius 2 is 2.56 bits per heavy atom. The highest BCUT2D eigenvalue weighted by atomic mass is 16.5. The molecule has 0 aliphatic carbocycles. The summed E-state index contributed by atoms with van der Waals surface area (Å²) in [5.74, 6) is 0. The van der Waals surface area contributed by atoms with Crippen molar-refractivity contribution in [3.63, 3.8) is 0 Å². The molecule has 53 valence electrons. The molecule has 0 heterocycles. The number of carbonyl (C=O) groups excluding carboxylic acids is 1. The number of hydrogen-bond acceptors (Lipinski definition) is 3. The van der Waals surface area contributed by atoms with Crippen molar-refractivity contribution < 1.29 is 9.53 Å². The minimum Gasteiger partial charge on any atom is -0.446 e. The molecule has 0 saturated heterocycles. The van der Waals surface area contributed by atoms with E-state index in [1.165, 1.54) is 0 Å². The molecular formula is C5H11N2O2. The van der Waals surface area contributed by atoms with Gasteiger partial charge in [-0.25, -0.2) is 4.79 Å². The number of amides is 1. The lowest BCUT2D eigenvalue weighted by Crippen LogP contribution is -2.34. The van der Waals surface area contributed by atoms with Crippen LogP contribution in [0.4, 0.5) is 4.79 Å². The lowest BCUT2D eigenvalue weighted by atomic mass is 10.4. The number of carbonyl (C=O) groups is 1. The fraction of sp³-hybridized carbons (Fsp3) is 0.600. The summed E-state index contributed by atoms with van der Waals surface area (Å²) in [6.45, 7) is 2.19. The highest BCUT2D eigenvalue weighted by Crippen LogP contribution is 1.74. The van der Waals surface area contributed by atoms with Crippen LogP contribution in [-0.4, -0.2) is 18.7 Å². The minimum atomic E-state index is -0.549. The van der Waals surface area contributed by atoms with Gasteiger partial charge in [0.25, 0.3) is 0 Å². The molecule has 0 aliphatic heterocycles. The van der Waals surface area contributed by atoms with Crippen molar-refractivity contribution >= 4 is 6.09 Å². The molecule has 0 spiro atoms. The third kappa shape index (κ3) is 5.10. The Bertz CT molecular complexity index is 93.0. The topological polar surface area (TPSA) is 64.3 Å². The van der Waals surface area contributed by atoms with Crippen molar-refractivity contribution in [1.82, 2.24) is 5.32 Å². The number of hydrogen-bond donors (Lipinski definition) is 2. The van der Waals surface area contributed by atoms with E-state index in [0.29, 0.717) is 6.54 Å². The first-order valence-corrected chi connectivity index (χ1v) is 2.62. The monoisotopic (exact) mass is 131 g/mol. The standard InChI is InChI=1S/C5H11N2O2/c1-4(6)3-7-5(8)9-2/h4H,2-3,6H2,1H3,(H,7,8). The van der Waals surface area contributed by atoms with Crippen LogP contribution in [0, 0.1) is 7.11 Å². The fourth-order valence-electron chi connectivity index (χ4n) is 0.295. The van der Waals surface area contributed by atoms with Gasteiger partial charge in [-0.1, -0.05) is 0 Å². The summed E-state index contributed by atoms with van der Waals surface area (Å²) in [6, 6.07) is -0.0518. The van der Waals surface area contributed by atoms with Crippen LogP contribution in [0.1, 0.15) is 6.92 Å². The Hall–Kier alpha value is -0.770. The lowest BCUT2D eigenvalue weighted by molar-refractivity contribution is 0.183. The SMILES string of the molecule is [CH2]OC(=O)NCC(C)N. The van der Waals surface area contributed by atoms with Crippen LogP contribution in [0.15, 0.2) is 0 Å². The first-order chi connectivity index (χ1) is 4.16. The molecule has 0 aromatic rings. The summed E-state index contributed by atoms with van der Waals surface area (Å²) in [5.41, 5.74) is 5.30. The van der Waals surface area contributed by atoms with Crippen molar-refractivity contribution in [3.05, 3.63) is 7.11 Å². The minimum absolute atomic E-state index is 0.0518. The van der Waals surface area contributed by atoms with Gasteiger partial charge in [-0.2, -0.15) is 0 Å². The van der Waals surface area contributed by atoms with Gasteiger partial charge in [0.1, 0.15) is 7.11 Å². The largest absolute Gasteiger partial charge is 0.446 e. The first kappa shape index (κ1) is 8.23. The predicted octanol–water partition coefficient (Wildman–Crippen LogP) is -0.149. The highest BCUT2D eigenvalue weighted by molar-refractivity contribution is 5.67. The molecule has 0 fully saturated rings. The van der Waals surface area contributed by atoms with Gasteiger partial charge < -0.3 is 15.8 Å². The highest BCUT2D eigenvalue weighted by Gasteiger charge is 1.98. The zero-order chi connectivity index (χ0) is 7.28. The van der Waals surface area contributed by atoms with E-state index in [1.807, 2.05) is 0 Å². The number of nitrogens with one attached hydrogen (secondary N) is 1. The molecule has 0 aromatic carbocycles. The molecule has 1 unspecified atom stereocenters. The zero-order valence-corrected chi connectivity index (χ0v) is 5.39. The first-order valence-electron chi connectivity index (χ1n) is 2.62. The number of nitrogens with two attached hydrogens (primary N) is 1. The quantitative estimate of drug-likeness (QED) is 0.547. The van der Waals surface area contributed by atoms with E-state index in [4.69, 9.17) is 5.73 Å². The molecule has 9 heavy (non-hydrogen) atoms. The smallest absolute Gasteiger partial charge is 0.407 e. The van der Waals surface area contributed by atoms with Gasteiger partial charge in [-0.05, 0) is 6.92 Å². The van der Waals surface area contributed by atoms with Crippen LogP contribution in [0.5, 0.6) is 0 Å². The second kappa shape index (κ2) is 4.14. The Kier molecular flexibility index (Phi) is 3.79. The van der Waals surface area contributed by atoms with E-state index in [1.54, 1.807) is 6.92 Å². The third-order valence-electron chi connectivity index (χ3n) is 0.699. The molecule has 1 amide bonds. The summed E-state index contributed by atoms with van der Waals surface area (Å²) in [6.07, 6.45) is -0.549. The maximum atomic E-state index is 10.3. The van der Waals surface area contributed by atoms with Gasteiger partial charge in [-0.3, -0.25) is 0 Å². The molecule has 0 rings (SSSR count). The summed E-state index contributed by atoms with van der Waals surface area (Å²) in [4.78, 5) is 10.3. The van der Waals surface area contributed by atoms with Crippen molar-refractivity contribution in [2.75, 3.05) is 6.54 Å². The van der Waals surface area contributed by atoms with E-state index in [2.05, 4.69) is 17.2 Å². The van der Waals surface area contributed by atoms with Gasteiger partial charge in [0.2, 0.25) is 0 Å². The predicted molar refractivity (Wildman–Crippen MR) is 33.5 cm³/mol. The zero-order valence-electron chi connectivity index (χ0n) is 5.39. The summed E-state index contributed by atoms with van der Waals surface area (Å²) in [7, 11) is 2.91. The van der Waals surface area contributed by atoms with Gasteiger partial charge in [0, 0.05) is 12.6 Å². The molecule has 0 aromatic heterocycles. The van der Waals surface area contributed by atoms with Crippen molar-refractivity contribution in [2.45, 2.75) is 13.0 Å². The van der Waals surface area contributed by atoms with Crippen molar-refractivity contribution in [2.24, 2.45) is 5.73 Å². The molecule has 3 N–H and O–H groups in total. The average molecular weight is 131 g/mol. The maximum Gasteiger partial charge on any atom is 0.407 e. The van der Waals surface area contributed by atoms with E-state index in [0.717, 1.165) is 0 Å². The van der Waals surface area contributed by atoms with Crippen LogP contribution in [-0.2, 0) is 4.74 Å². The van der Waals surface area contributed by atoms with Crippen LogP contribution in [0.3, 0.4) is 0 Å². The Morgan fingerprint density at radius 3 is 2.89 bits per heavy atom. The van der Waals surface area contributed by atoms with E-state index in [9.17, 15) is 4.79 Å². The molecule has 1 atom stereocenters. The molecule has 0 saturated carbocycles. The van der Waals surface area contributed by atoms with Crippen LogP contribution < -0.4 is 11.1 Å². The van der Waals surface area contributed by atoms with Gasteiger partial charge in [0.05, 0.1) is 0 Å². The number of ether oxygens (including phenoxy) is 1. The Balaban J connectivity index is 3.17. The summed E-state index contributed by atoms with van der Waals surface area (Å²) in [5, 5.41) is 2.38. The maximum absolute atomic E-state index is 10.3. The van der Waals surface area contributed by atoms with Gasteiger partial charge in [0.15, 0.2) is 0 Å². The second-order valence-electron chi connectivity index (χ2n) is 1.79. The number of rotatable bonds is 2. The van der Waals surface area contributed by atoms with Crippen LogP contribution in [0.2, 0.25) is 0 Å². The van der Waals surface area contributed by atoms with E-state index < -0.39 is 6.09 Å². The van der Waals surface area contributed by atoms with E-state index in [-0.39, 0.29) is 6.04 Å². The Morgan fingerprint density at radius 1 is 2.00 bits per heavy atom. The molecule has 1 radical (unpaired) electrons. The van der Waals surface area contributed by atoms with Crippen LogP contribution >= 0.6 is 0 Å². The van der Waals surface area contributed by atoms with Crippen molar-refractivity contribution in [1.29, 1.82) is 0 Å². The molecule has 0 bridgehead atoms. The van der Waals surface area contributed by atoms with Gasteiger partial charge >= 0.3 is 6.09 Å². The second-order valence-corrected chi connectivity index (χ2v) is 1.79. The summed E-state index contributed by atoms with van der Waals surface area (Å²) < 4.78 is 4.04. The lowest BCUT2D eigenvalue weighted by Gasteiger charge is -2.04. The van der Waals surface area contributed by atoms with E-state index >= 15 is 0 Å². The van der Waals surface area contributed by atoms with Gasteiger partial charge in [-0.15, -0.1) is 0 Å². The number of alkyl carbamates (subject to hydrolysis) is 1. The average Bonchev–Trinajstić information content (AvgIpc) is 1.83. The fourth-order valence-corrected chi connectivity index (χ4v) is 0.295. The molecule has 4 nitrogen and oxygen atoms in total. The molecule has 4 heteroatoms.